The number of carboxylic acid groups (broad SMARTS) is 1. The lowest BCUT2D eigenvalue weighted by Gasteiger charge is -2.17. The molecule has 0 amide bonds. The number of anilines is 1. The average molecular weight is 276 g/mol. The number of nitrogens with one attached hydrogen (secondary N) is 1. The van der Waals surface area contributed by atoms with E-state index in [4.69, 9.17) is 0 Å². The normalized spacial score (nSPS) is 19.4. The van der Waals surface area contributed by atoms with Gasteiger partial charge in [0.25, 0.3) is 5.69 Å². The molecule has 1 aromatic rings. The third-order valence-corrected chi connectivity index (χ3v) is 4.42. The molecule has 1 aromatic carbocycles. The van der Waals surface area contributed by atoms with Gasteiger partial charge in [0.15, 0.2) is 0 Å². The van der Waals surface area contributed by atoms with Gasteiger partial charge in [0.1, 0.15) is 5.69 Å². The summed E-state index contributed by atoms with van der Waals surface area (Å²) in [5.74, 6) is -0.432. The largest absolute Gasteiger partial charge is 0.478 e. The molecule has 2 saturated carbocycles. The Hall–Kier alpha value is -2.11. The maximum atomic E-state index is 11.2. The number of hydrogen-bond donors (Lipinski definition) is 2. The highest BCUT2D eigenvalue weighted by Gasteiger charge is 2.53. The van der Waals surface area contributed by atoms with Crippen molar-refractivity contribution in [2.75, 3.05) is 11.9 Å². The second-order valence-electron chi connectivity index (χ2n) is 5.75. The number of aromatic carboxylic acids is 1. The molecule has 0 spiro atoms. The van der Waals surface area contributed by atoms with Crippen LogP contribution in [-0.2, 0) is 0 Å². The van der Waals surface area contributed by atoms with Gasteiger partial charge >= 0.3 is 5.97 Å². The SMILES string of the molecule is O=C(O)c1cccc([N+](=O)[O-])c1NCC1(C2CC2)CC1. The van der Waals surface area contributed by atoms with E-state index in [9.17, 15) is 20.0 Å². The van der Waals surface area contributed by atoms with Gasteiger partial charge in [-0.1, -0.05) is 6.07 Å². The molecule has 6 heteroatoms. The van der Waals surface area contributed by atoms with Crippen LogP contribution < -0.4 is 5.32 Å². The number of benzene rings is 1. The lowest BCUT2D eigenvalue weighted by atomic mass is 10.00. The van der Waals surface area contributed by atoms with E-state index in [-0.39, 0.29) is 22.4 Å². The van der Waals surface area contributed by atoms with Crippen molar-refractivity contribution in [2.45, 2.75) is 25.7 Å². The van der Waals surface area contributed by atoms with Crippen LogP contribution in [0.4, 0.5) is 11.4 Å². The van der Waals surface area contributed by atoms with E-state index in [1.54, 1.807) is 0 Å². The highest BCUT2D eigenvalue weighted by molar-refractivity contribution is 5.96. The Morgan fingerprint density at radius 3 is 2.65 bits per heavy atom. The predicted molar refractivity (Wildman–Crippen MR) is 72.9 cm³/mol. The van der Waals surface area contributed by atoms with Crippen molar-refractivity contribution in [3.63, 3.8) is 0 Å². The molecule has 2 aliphatic rings. The average Bonchev–Trinajstić information content (AvgIpc) is 3.26. The maximum Gasteiger partial charge on any atom is 0.338 e. The lowest BCUT2D eigenvalue weighted by Crippen LogP contribution is -2.19. The van der Waals surface area contributed by atoms with Crippen molar-refractivity contribution in [3.8, 4) is 0 Å². The molecule has 2 fully saturated rings. The topological polar surface area (TPSA) is 92.5 Å². The zero-order valence-electron chi connectivity index (χ0n) is 11.0. The number of para-hydroxylation sites is 1. The number of carbonyl (C=O) groups is 1. The van der Waals surface area contributed by atoms with Gasteiger partial charge < -0.3 is 10.4 Å². The van der Waals surface area contributed by atoms with Crippen LogP contribution in [0.3, 0.4) is 0 Å². The van der Waals surface area contributed by atoms with Gasteiger partial charge in [0.2, 0.25) is 0 Å². The van der Waals surface area contributed by atoms with E-state index < -0.39 is 10.9 Å². The first-order valence-corrected chi connectivity index (χ1v) is 6.78. The molecule has 0 heterocycles. The molecule has 2 N–H and O–H groups in total. The van der Waals surface area contributed by atoms with Crippen LogP contribution in [0, 0.1) is 21.4 Å². The molecule has 0 aliphatic heterocycles. The van der Waals surface area contributed by atoms with E-state index in [0.717, 1.165) is 12.8 Å². The first-order chi connectivity index (χ1) is 9.53. The summed E-state index contributed by atoms with van der Waals surface area (Å²) >= 11 is 0. The van der Waals surface area contributed by atoms with E-state index >= 15 is 0 Å². The van der Waals surface area contributed by atoms with Crippen molar-refractivity contribution in [3.05, 3.63) is 33.9 Å². The molecule has 0 aromatic heterocycles. The fourth-order valence-electron chi connectivity index (χ4n) is 2.91. The Kier molecular flexibility index (Phi) is 2.88. The van der Waals surface area contributed by atoms with Crippen molar-refractivity contribution in [2.24, 2.45) is 11.3 Å². The highest BCUT2D eigenvalue weighted by Crippen LogP contribution is 2.61. The van der Waals surface area contributed by atoms with Crippen LogP contribution in [-0.4, -0.2) is 22.5 Å². The summed E-state index contributed by atoms with van der Waals surface area (Å²) in [5, 5.41) is 23.3. The molecular weight excluding hydrogens is 260 g/mol. The molecule has 0 atom stereocenters. The van der Waals surface area contributed by atoms with Crippen molar-refractivity contribution < 1.29 is 14.8 Å². The summed E-state index contributed by atoms with van der Waals surface area (Å²) in [6.07, 6.45) is 4.72. The summed E-state index contributed by atoms with van der Waals surface area (Å²) in [6.45, 7) is 0.628. The minimum Gasteiger partial charge on any atom is -0.478 e. The van der Waals surface area contributed by atoms with Crippen LogP contribution in [0.25, 0.3) is 0 Å². The third-order valence-electron chi connectivity index (χ3n) is 4.42. The molecule has 20 heavy (non-hydrogen) atoms. The van der Waals surface area contributed by atoms with Crippen LogP contribution >= 0.6 is 0 Å². The molecule has 2 aliphatic carbocycles. The minimum atomic E-state index is -1.15. The first-order valence-electron chi connectivity index (χ1n) is 6.78. The summed E-state index contributed by atoms with van der Waals surface area (Å²) in [5.41, 5.74) is 0.179. The Balaban J connectivity index is 1.86. The second kappa shape index (κ2) is 4.47. The van der Waals surface area contributed by atoms with Crippen LogP contribution in [0.5, 0.6) is 0 Å². The summed E-state index contributed by atoms with van der Waals surface area (Å²) in [4.78, 5) is 21.7. The fourth-order valence-corrected chi connectivity index (χ4v) is 2.91. The summed E-state index contributed by atoms with van der Waals surface area (Å²) in [6, 6.07) is 4.14. The number of nitro benzene ring substituents is 1. The quantitative estimate of drug-likeness (QED) is 0.615. The smallest absolute Gasteiger partial charge is 0.338 e. The first kappa shape index (κ1) is 12.9. The zero-order valence-corrected chi connectivity index (χ0v) is 11.0. The third kappa shape index (κ3) is 2.21. The van der Waals surface area contributed by atoms with Crippen molar-refractivity contribution in [1.82, 2.24) is 0 Å². The van der Waals surface area contributed by atoms with Gasteiger partial charge in [-0.25, -0.2) is 4.79 Å². The summed E-state index contributed by atoms with van der Waals surface area (Å²) < 4.78 is 0. The van der Waals surface area contributed by atoms with Crippen LogP contribution in [0.15, 0.2) is 18.2 Å². The van der Waals surface area contributed by atoms with Crippen molar-refractivity contribution in [1.29, 1.82) is 0 Å². The Morgan fingerprint density at radius 1 is 1.45 bits per heavy atom. The van der Waals surface area contributed by atoms with E-state index in [0.29, 0.717) is 12.5 Å². The fraction of sp³-hybridized carbons (Fsp3) is 0.500. The number of rotatable bonds is 6. The van der Waals surface area contributed by atoms with E-state index in [2.05, 4.69) is 5.32 Å². The van der Waals surface area contributed by atoms with Gasteiger partial charge in [-0.15, -0.1) is 0 Å². The minimum absolute atomic E-state index is 0.0363. The Labute approximate surface area is 115 Å². The monoisotopic (exact) mass is 276 g/mol. The van der Waals surface area contributed by atoms with Crippen LogP contribution in [0.1, 0.15) is 36.0 Å². The molecule has 0 bridgehead atoms. The standard InChI is InChI=1S/C14H16N2O4/c17-13(18)10-2-1-3-11(16(19)20)12(10)15-8-14(6-7-14)9-4-5-9/h1-3,9,15H,4-8H2,(H,17,18). The Morgan fingerprint density at radius 2 is 2.15 bits per heavy atom. The van der Waals surface area contributed by atoms with Gasteiger partial charge in [-0.2, -0.15) is 0 Å². The molecule has 106 valence electrons. The van der Waals surface area contributed by atoms with Gasteiger partial charge in [-0.3, -0.25) is 10.1 Å². The predicted octanol–water partition coefficient (Wildman–Crippen LogP) is 2.90. The van der Waals surface area contributed by atoms with Crippen molar-refractivity contribution >= 4 is 17.3 Å². The molecule has 0 saturated heterocycles. The van der Waals surface area contributed by atoms with E-state index in [1.165, 1.54) is 31.0 Å². The van der Waals surface area contributed by atoms with Gasteiger partial charge in [0, 0.05) is 12.6 Å². The molecule has 6 nitrogen and oxygen atoms in total. The molecule has 3 rings (SSSR count). The van der Waals surface area contributed by atoms with Crippen LogP contribution in [0.2, 0.25) is 0 Å². The number of hydrogen-bond acceptors (Lipinski definition) is 4. The zero-order chi connectivity index (χ0) is 14.3. The van der Waals surface area contributed by atoms with E-state index in [1.807, 2.05) is 0 Å². The molecular formula is C14H16N2O4. The molecule has 0 radical (unpaired) electrons. The van der Waals surface area contributed by atoms with Gasteiger partial charge in [0.05, 0.1) is 10.5 Å². The molecule has 0 unspecified atom stereocenters. The number of nitro groups is 1. The second-order valence-corrected chi connectivity index (χ2v) is 5.75. The number of nitrogens with zero attached hydrogens (tertiary/aromatic N) is 1. The maximum absolute atomic E-state index is 11.2. The lowest BCUT2D eigenvalue weighted by molar-refractivity contribution is -0.384. The van der Waals surface area contributed by atoms with Gasteiger partial charge in [-0.05, 0) is 43.1 Å². The Bertz CT molecular complexity index is 544. The number of carboxylic acids is 1. The highest BCUT2D eigenvalue weighted by atomic mass is 16.6. The summed E-state index contributed by atoms with van der Waals surface area (Å²) in [7, 11) is 0.